The summed E-state index contributed by atoms with van der Waals surface area (Å²) in [7, 11) is 1.60. The maximum absolute atomic E-state index is 13.0. The zero-order valence-corrected chi connectivity index (χ0v) is 18.0. The Morgan fingerprint density at radius 1 is 1.00 bits per heavy atom. The van der Waals surface area contributed by atoms with Gasteiger partial charge < -0.3 is 19.1 Å². The number of nitrogens with one attached hydrogen (secondary N) is 1. The summed E-state index contributed by atoms with van der Waals surface area (Å²) in [6, 6.07) is 19.4. The van der Waals surface area contributed by atoms with Gasteiger partial charge in [-0.05, 0) is 59.3 Å². The van der Waals surface area contributed by atoms with Gasteiger partial charge in [0.2, 0.25) is 0 Å². The van der Waals surface area contributed by atoms with Crippen LogP contribution >= 0.6 is 15.9 Å². The van der Waals surface area contributed by atoms with Crippen LogP contribution in [0.4, 0.5) is 5.69 Å². The average molecular weight is 467 g/mol. The standard InChI is InChI=1S/C23H19BrN2O4/c1-14(20-13-15-7-3-6-10-18(15)29-20)25-22(27)16-8-4-5-9-17(16)26(2)23(28)19-11-12-21(24)30-19/h3-14H,1-2H3,(H,25,27). The molecule has 2 aromatic carbocycles. The molecule has 0 aliphatic rings. The summed E-state index contributed by atoms with van der Waals surface area (Å²) in [5, 5.41) is 3.93. The minimum absolute atomic E-state index is 0.176. The zero-order chi connectivity index (χ0) is 21.3. The van der Waals surface area contributed by atoms with Crippen molar-refractivity contribution in [1.82, 2.24) is 5.32 Å². The van der Waals surface area contributed by atoms with E-state index in [2.05, 4.69) is 21.2 Å². The summed E-state index contributed by atoms with van der Waals surface area (Å²) in [5.74, 6) is 0.173. The molecule has 1 N–H and O–H groups in total. The molecule has 2 aromatic heterocycles. The summed E-state index contributed by atoms with van der Waals surface area (Å²) in [6.45, 7) is 1.85. The van der Waals surface area contributed by atoms with Gasteiger partial charge in [-0.2, -0.15) is 0 Å². The first-order valence-electron chi connectivity index (χ1n) is 9.36. The average Bonchev–Trinajstić information content (AvgIpc) is 3.39. The van der Waals surface area contributed by atoms with Gasteiger partial charge in [0, 0.05) is 12.4 Å². The maximum Gasteiger partial charge on any atom is 0.293 e. The molecule has 4 rings (SSSR count). The molecule has 0 spiro atoms. The largest absolute Gasteiger partial charge is 0.459 e. The van der Waals surface area contributed by atoms with Crippen LogP contribution in [0.3, 0.4) is 0 Å². The fraction of sp³-hybridized carbons (Fsp3) is 0.130. The summed E-state index contributed by atoms with van der Waals surface area (Å²) in [6.07, 6.45) is 0. The SMILES string of the molecule is CC(NC(=O)c1ccccc1N(C)C(=O)c1ccc(Br)o1)c1cc2ccccc2o1. The predicted octanol–water partition coefficient (Wildman–Crippen LogP) is 5.56. The molecule has 0 aliphatic carbocycles. The van der Waals surface area contributed by atoms with E-state index in [1.165, 1.54) is 4.90 Å². The van der Waals surface area contributed by atoms with E-state index >= 15 is 0 Å². The summed E-state index contributed by atoms with van der Waals surface area (Å²) < 4.78 is 11.7. The minimum Gasteiger partial charge on any atom is -0.459 e. The van der Waals surface area contributed by atoms with Crippen molar-refractivity contribution < 1.29 is 18.4 Å². The number of carbonyl (C=O) groups excluding carboxylic acids is 2. The number of hydrogen-bond donors (Lipinski definition) is 1. The van der Waals surface area contributed by atoms with Crippen LogP contribution in [0.25, 0.3) is 11.0 Å². The first-order chi connectivity index (χ1) is 14.4. The maximum atomic E-state index is 13.0. The summed E-state index contributed by atoms with van der Waals surface area (Å²) >= 11 is 3.20. The molecule has 0 bridgehead atoms. The molecule has 152 valence electrons. The van der Waals surface area contributed by atoms with Crippen LogP contribution in [0, 0.1) is 0 Å². The third-order valence-electron chi connectivity index (χ3n) is 4.82. The van der Waals surface area contributed by atoms with Gasteiger partial charge in [0.1, 0.15) is 11.3 Å². The second kappa shape index (κ2) is 8.20. The lowest BCUT2D eigenvalue weighted by Gasteiger charge is -2.20. The van der Waals surface area contributed by atoms with Gasteiger partial charge in [-0.25, -0.2) is 0 Å². The van der Waals surface area contributed by atoms with Crippen LogP contribution in [0.15, 0.2) is 80.2 Å². The smallest absolute Gasteiger partial charge is 0.293 e. The molecule has 0 radical (unpaired) electrons. The topological polar surface area (TPSA) is 75.7 Å². The van der Waals surface area contributed by atoms with Crippen LogP contribution in [0.1, 0.15) is 39.6 Å². The van der Waals surface area contributed by atoms with Crippen molar-refractivity contribution in [2.45, 2.75) is 13.0 Å². The molecule has 7 heteroatoms. The van der Waals surface area contributed by atoms with Crippen molar-refractivity contribution in [3.05, 3.63) is 88.5 Å². The minimum atomic E-state index is -0.355. The zero-order valence-electron chi connectivity index (χ0n) is 16.4. The number of anilines is 1. The quantitative estimate of drug-likeness (QED) is 0.417. The van der Waals surface area contributed by atoms with Gasteiger partial charge in [-0.15, -0.1) is 0 Å². The van der Waals surface area contributed by atoms with Crippen LogP contribution < -0.4 is 10.2 Å². The van der Waals surface area contributed by atoms with Crippen molar-refractivity contribution in [2.24, 2.45) is 0 Å². The molecule has 1 atom stereocenters. The lowest BCUT2D eigenvalue weighted by molar-refractivity contribution is 0.0936. The Kier molecular flexibility index (Phi) is 5.46. The summed E-state index contributed by atoms with van der Waals surface area (Å²) in [5.41, 5.74) is 1.62. The number of nitrogens with zero attached hydrogens (tertiary/aromatic N) is 1. The molecule has 30 heavy (non-hydrogen) atoms. The second-order valence-electron chi connectivity index (χ2n) is 6.87. The number of amides is 2. The first kappa shape index (κ1) is 20.0. The lowest BCUT2D eigenvalue weighted by Crippen LogP contribution is -2.31. The third kappa shape index (κ3) is 3.89. The van der Waals surface area contributed by atoms with Gasteiger partial charge in [0.15, 0.2) is 10.4 Å². The number of hydrogen-bond acceptors (Lipinski definition) is 4. The van der Waals surface area contributed by atoms with Crippen LogP contribution in [-0.2, 0) is 0 Å². The molecule has 0 saturated carbocycles. The van der Waals surface area contributed by atoms with E-state index in [1.54, 1.807) is 43.4 Å². The third-order valence-corrected chi connectivity index (χ3v) is 5.24. The van der Waals surface area contributed by atoms with Gasteiger partial charge in [-0.1, -0.05) is 30.3 Å². The normalized spacial score (nSPS) is 12.0. The number of halogens is 1. The Labute approximate surface area is 181 Å². The number of benzene rings is 2. The van der Waals surface area contributed by atoms with E-state index in [9.17, 15) is 9.59 Å². The summed E-state index contributed by atoms with van der Waals surface area (Å²) in [4.78, 5) is 27.1. The van der Waals surface area contributed by atoms with Crippen molar-refractivity contribution >= 4 is 44.4 Å². The Balaban J connectivity index is 1.56. The molecule has 0 aliphatic heterocycles. The van der Waals surface area contributed by atoms with Crippen LogP contribution in [-0.4, -0.2) is 18.9 Å². The Morgan fingerprint density at radius 2 is 1.73 bits per heavy atom. The first-order valence-corrected chi connectivity index (χ1v) is 10.1. The number of furan rings is 2. The van der Waals surface area contributed by atoms with E-state index in [-0.39, 0.29) is 23.6 Å². The lowest BCUT2D eigenvalue weighted by atomic mass is 10.1. The highest BCUT2D eigenvalue weighted by Gasteiger charge is 2.23. The van der Waals surface area contributed by atoms with E-state index in [0.717, 1.165) is 11.0 Å². The molecule has 1 unspecified atom stereocenters. The van der Waals surface area contributed by atoms with Crippen molar-refractivity contribution in [3.8, 4) is 0 Å². The number of carbonyl (C=O) groups is 2. The highest BCUT2D eigenvalue weighted by atomic mass is 79.9. The van der Waals surface area contributed by atoms with Gasteiger partial charge in [0.05, 0.1) is 17.3 Å². The molecule has 0 fully saturated rings. The highest BCUT2D eigenvalue weighted by molar-refractivity contribution is 9.10. The Morgan fingerprint density at radius 3 is 2.47 bits per heavy atom. The van der Waals surface area contributed by atoms with E-state index in [0.29, 0.717) is 21.7 Å². The van der Waals surface area contributed by atoms with E-state index < -0.39 is 0 Å². The molecular formula is C23H19BrN2O4. The molecule has 6 nitrogen and oxygen atoms in total. The van der Waals surface area contributed by atoms with Crippen molar-refractivity contribution in [1.29, 1.82) is 0 Å². The molecule has 0 saturated heterocycles. The van der Waals surface area contributed by atoms with Gasteiger partial charge >= 0.3 is 0 Å². The number of fused-ring (bicyclic) bond motifs is 1. The molecule has 2 heterocycles. The van der Waals surface area contributed by atoms with E-state index in [1.807, 2.05) is 37.3 Å². The van der Waals surface area contributed by atoms with Crippen molar-refractivity contribution in [3.63, 3.8) is 0 Å². The fourth-order valence-electron chi connectivity index (χ4n) is 3.22. The fourth-order valence-corrected chi connectivity index (χ4v) is 3.53. The Bertz CT molecular complexity index is 1190. The number of para-hydroxylation sites is 2. The Hall–Kier alpha value is -3.32. The predicted molar refractivity (Wildman–Crippen MR) is 118 cm³/mol. The van der Waals surface area contributed by atoms with Crippen LogP contribution in [0.5, 0.6) is 0 Å². The van der Waals surface area contributed by atoms with E-state index in [4.69, 9.17) is 8.83 Å². The highest BCUT2D eigenvalue weighted by Crippen LogP contribution is 2.26. The molecular weight excluding hydrogens is 448 g/mol. The van der Waals surface area contributed by atoms with Gasteiger partial charge in [-0.3, -0.25) is 9.59 Å². The monoisotopic (exact) mass is 466 g/mol. The molecule has 2 amide bonds. The van der Waals surface area contributed by atoms with Crippen molar-refractivity contribution in [2.75, 3.05) is 11.9 Å². The van der Waals surface area contributed by atoms with Gasteiger partial charge in [0.25, 0.3) is 11.8 Å². The number of rotatable bonds is 5. The second-order valence-corrected chi connectivity index (χ2v) is 7.65. The van der Waals surface area contributed by atoms with Crippen LogP contribution in [0.2, 0.25) is 0 Å². The molecule has 4 aromatic rings.